The monoisotopic (exact) mass is 231 g/mol. The fraction of sp³-hybridized carbons (Fsp3) is 0.400. The van der Waals surface area contributed by atoms with Crippen LogP contribution in [-0.2, 0) is 12.0 Å². The predicted octanol–water partition coefficient (Wildman–Crippen LogP) is 2.08. The topological polar surface area (TPSA) is 46.2 Å². The van der Waals surface area contributed by atoms with Crippen LogP contribution in [0.15, 0.2) is 12.1 Å². The SMILES string of the molecule is CC1(O)c2cc(Cl)c(Cl)cc2CC1N. The highest BCUT2D eigenvalue weighted by molar-refractivity contribution is 6.42. The summed E-state index contributed by atoms with van der Waals surface area (Å²) in [6.07, 6.45) is 0.638. The zero-order valence-corrected chi connectivity index (χ0v) is 9.23. The third-order valence-corrected chi connectivity index (χ3v) is 3.58. The van der Waals surface area contributed by atoms with Crippen molar-refractivity contribution in [2.24, 2.45) is 5.73 Å². The number of hydrogen-bond acceptors (Lipinski definition) is 2. The molecule has 3 N–H and O–H groups in total. The number of rotatable bonds is 0. The van der Waals surface area contributed by atoms with Crippen LogP contribution in [0, 0.1) is 0 Å². The second kappa shape index (κ2) is 3.11. The molecule has 0 aromatic heterocycles. The zero-order valence-electron chi connectivity index (χ0n) is 7.72. The zero-order chi connectivity index (χ0) is 10.5. The maximum absolute atomic E-state index is 10.1. The van der Waals surface area contributed by atoms with Crippen molar-refractivity contribution >= 4 is 23.2 Å². The van der Waals surface area contributed by atoms with Crippen LogP contribution in [0.25, 0.3) is 0 Å². The van der Waals surface area contributed by atoms with Crippen molar-refractivity contribution in [2.75, 3.05) is 0 Å². The van der Waals surface area contributed by atoms with Gasteiger partial charge in [-0.3, -0.25) is 0 Å². The van der Waals surface area contributed by atoms with Crippen molar-refractivity contribution in [3.63, 3.8) is 0 Å². The molecule has 0 radical (unpaired) electrons. The van der Waals surface area contributed by atoms with E-state index in [9.17, 15) is 5.11 Å². The summed E-state index contributed by atoms with van der Waals surface area (Å²) in [5, 5.41) is 11.1. The molecule has 0 bridgehead atoms. The van der Waals surface area contributed by atoms with Crippen LogP contribution in [0.1, 0.15) is 18.1 Å². The number of benzene rings is 1. The van der Waals surface area contributed by atoms with Gasteiger partial charge in [-0.25, -0.2) is 0 Å². The van der Waals surface area contributed by atoms with E-state index in [2.05, 4.69) is 0 Å². The molecule has 0 amide bonds. The van der Waals surface area contributed by atoms with E-state index in [1.165, 1.54) is 0 Å². The fourth-order valence-electron chi connectivity index (χ4n) is 1.86. The second-order valence-corrected chi connectivity index (χ2v) is 4.70. The van der Waals surface area contributed by atoms with Gasteiger partial charge in [0.1, 0.15) is 5.60 Å². The lowest BCUT2D eigenvalue weighted by atomic mass is 9.96. The Labute approximate surface area is 92.6 Å². The van der Waals surface area contributed by atoms with Crippen LogP contribution in [0.4, 0.5) is 0 Å². The molecule has 76 valence electrons. The van der Waals surface area contributed by atoms with Gasteiger partial charge in [0, 0.05) is 6.04 Å². The van der Waals surface area contributed by atoms with Crippen molar-refractivity contribution in [1.82, 2.24) is 0 Å². The molecule has 14 heavy (non-hydrogen) atoms. The summed E-state index contributed by atoms with van der Waals surface area (Å²) in [7, 11) is 0. The summed E-state index contributed by atoms with van der Waals surface area (Å²) < 4.78 is 0. The molecular weight excluding hydrogens is 221 g/mol. The Morgan fingerprint density at radius 1 is 1.43 bits per heavy atom. The third-order valence-electron chi connectivity index (χ3n) is 2.85. The molecule has 0 fully saturated rings. The lowest BCUT2D eigenvalue weighted by molar-refractivity contribution is 0.0412. The van der Waals surface area contributed by atoms with Crippen LogP contribution < -0.4 is 5.73 Å². The van der Waals surface area contributed by atoms with Crippen LogP contribution in [0.5, 0.6) is 0 Å². The summed E-state index contributed by atoms with van der Waals surface area (Å²) in [5.41, 5.74) is 6.60. The second-order valence-electron chi connectivity index (χ2n) is 3.88. The standard InChI is InChI=1S/C10H11Cl2NO/c1-10(14)6-4-8(12)7(11)2-5(6)3-9(10)13/h2,4,9,14H,3,13H2,1H3. The molecule has 4 heteroatoms. The summed E-state index contributed by atoms with van der Waals surface area (Å²) >= 11 is 11.8. The minimum atomic E-state index is -0.996. The Morgan fingerprint density at radius 2 is 2.00 bits per heavy atom. The summed E-state index contributed by atoms with van der Waals surface area (Å²) in [6.45, 7) is 1.70. The van der Waals surface area contributed by atoms with Crippen molar-refractivity contribution in [2.45, 2.75) is 25.0 Å². The first-order valence-electron chi connectivity index (χ1n) is 4.39. The van der Waals surface area contributed by atoms with Crippen molar-refractivity contribution in [3.8, 4) is 0 Å². The number of nitrogens with two attached hydrogens (primary N) is 1. The molecule has 0 saturated heterocycles. The van der Waals surface area contributed by atoms with Crippen molar-refractivity contribution < 1.29 is 5.11 Å². The van der Waals surface area contributed by atoms with E-state index in [-0.39, 0.29) is 6.04 Å². The molecule has 2 atom stereocenters. The van der Waals surface area contributed by atoms with Gasteiger partial charge in [-0.2, -0.15) is 0 Å². The Kier molecular flexibility index (Phi) is 2.27. The third kappa shape index (κ3) is 1.34. The van der Waals surface area contributed by atoms with Crippen LogP contribution in [0.2, 0.25) is 10.0 Å². The summed E-state index contributed by atoms with van der Waals surface area (Å²) in [4.78, 5) is 0. The molecule has 2 rings (SSSR count). The Hall–Kier alpha value is -0.280. The first-order chi connectivity index (χ1) is 6.43. The van der Waals surface area contributed by atoms with Crippen LogP contribution >= 0.6 is 23.2 Å². The van der Waals surface area contributed by atoms with E-state index in [4.69, 9.17) is 28.9 Å². The molecule has 2 nitrogen and oxygen atoms in total. The van der Waals surface area contributed by atoms with Crippen LogP contribution in [-0.4, -0.2) is 11.1 Å². The van der Waals surface area contributed by atoms with Crippen molar-refractivity contribution in [1.29, 1.82) is 0 Å². The van der Waals surface area contributed by atoms with Gasteiger partial charge >= 0.3 is 0 Å². The first-order valence-corrected chi connectivity index (χ1v) is 5.15. The average molecular weight is 232 g/mol. The molecule has 1 aromatic rings. The van der Waals surface area contributed by atoms with Gasteiger partial charge in [0.15, 0.2) is 0 Å². The lowest BCUT2D eigenvalue weighted by Gasteiger charge is -2.23. The molecule has 1 aromatic carbocycles. The highest BCUT2D eigenvalue weighted by atomic mass is 35.5. The van der Waals surface area contributed by atoms with Gasteiger partial charge in [0.05, 0.1) is 10.0 Å². The van der Waals surface area contributed by atoms with Gasteiger partial charge in [0.2, 0.25) is 0 Å². The van der Waals surface area contributed by atoms with Gasteiger partial charge in [0.25, 0.3) is 0 Å². The molecule has 0 aliphatic heterocycles. The quantitative estimate of drug-likeness (QED) is 0.719. The molecular formula is C10H11Cl2NO. The highest BCUT2D eigenvalue weighted by Crippen LogP contribution is 2.39. The van der Waals surface area contributed by atoms with E-state index in [1.54, 1.807) is 19.1 Å². The maximum atomic E-state index is 10.1. The number of aliphatic hydroxyl groups is 1. The normalized spacial score (nSPS) is 30.5. The smallest absolute Gasteiger partial charge is 0.102 e. The Balaban J connectivity index is 2.61. The highest BCUT2D eigenvalue weighted by Gasteiger charge is 2.39. The van der Waals surface area contributed by atoms with Crippen molar-refractivity contribution in [3.05, 3.63) is 33.3 Å². The summed E-state index contributed by atoms with van der Waals surface area (Å²) in [5.74, 6) is 0. The lowest BCUT2D eigenvalue weighted by Crippen LogP contribution is -2.39. The predicted molar refractivity (Wildman–Crippen MR) is 57.7 cm³/mol. The summed E-state index contributed by atoms with van der Waals surface area (Å²) in [6, 6.07) is 3.19. The average Bonchev–Trinajstić information content (AvgIpc) is 2.28. The fourth-order valence-corrected chi connectivity index (χ4v) is 2.21. The van der Waals surface area contributed by atoms with E-state index in [0.29, 0.717) is 16.5 Å². The largest absolute Gasteiger partial charge is 0.384 e. The molecule has 0 spiro atoms. The van der Waals surface area contributed by atoms with E-state index in [1.807, 2.05) is 0 Å². The number of fused-ring (bicyclic) bond motifs is 1. The Bertz CT molecular complexity index is 390. The molecule has 0 saturated carbocycles. The molecule has 1 aliphatic carbocycles. The minimum absolute atomic E-state index is 0.285. The van der Waals surface area contributed by atoms with E-state index < -0.39 is 5.60 Å². The van der Waals surface area contributed by atoms with Gasteiger partial charge in [-0.15, -0.1) is 0 Å². The first kappa shape index (κ1) is 10.2. The number of halogens is 2. The van der Waals surface area contributed by atoms with Crippen LogP contribution in [0.3, 0.4) is 0 Å². The Morgan fingerprint density at radius 3 is 2.64 bits per heavy atom. The number of hydrogen-bond donors (Lipinski definition) is 2. The van der Waals surface area contributed by atoms with E-state index >= 15 is 0 Å². The molecule has 0 heterocycles. The minimum Gasteiger partial charge on any atom is -0.384 e. The van der Waals surface area contributed by atoms with Gasteiger partial charge in [-0.05, 0) is 36.6 Å². The van der Waals surface area contributed by atoms with Gasteiger partial charge in [-0.1, -0.05) is 23.2 Å². The molecule has 1 aliphatic rings. The van der Waals surface area contributed by atoms with Gasteiger partial charge < -0.3 is 10.8 Å². The van der Waals surface area contributed by atoms with E-state index in [0.717, 1.165) is 11.1 Å². The maximum Gasteiger partial charge on any atom is 0.102 e. The molecule has 2 unspecified atom stereocenters.